The van der Waals surface area contributed by atoms with Crippen molar-refractivity contribution in [2.45, 2.75) is 49.2 Å². The van der Waals surface area contributed by atoms with Crippen LogP contribution < -0.4 is 31.6 Å². The lowest BCUT2D eigenvalue weighted by molar-refractivity contribution is -0.140. The van der Waals surface area contributed by atoms with Crippen LogP contribution in [0.3, 0.4) is 0 Å². The summed E-state index contributed by atoms with van der Waals surface area (Å²) >= 11 is 0. The zero-order valence-electron chi connectivity index (χ0n) is 24.6. The number of halogens is 4. The number of hydrogen-bond donors (Lipinski definition) is 5. The predicted octanol–water partition coefficient (Wildman–Crippen LogP) is 3.20. The molecular formula is C29H35F4N7O4S. The highest BCUT2D eigenvalue weighted by Gasteiger charge is 2.32. The molecule has 11 nitrogen and oxygen atoms in total. The Kier molecular flexibility index (Phi) is 10.4. The summed E-state index contributed by atoms with van der Waals surface area (Å²) in [7, 11) is -2.60. The number of aromatic nitrogens is 1. The van der Waals surface area contributed by atoms with E-state index in [9.17, 15) is 26.4 Å². The topological polar surface area (TPSA) is 157 Å². The molecule has 16 heteroatoms. The highest BCUT2D eigenvalue weighted by Crippen LogP contribution is 2.32. The summed E-state index contributed by atoms with van der Waals surface area (Å²) in [5.41, 5.74) is 6.45. The van der Waals surface area contributed by atoms with Gasteiger partial charge >= 0.3 is 12.2 Å². The molecule has 1 fully saturated rings. The molecule has 2 amide bonds. The van der Waals surface area contributed by atoms with Crippen LogP contribution in [-0.2, 0) is 16.6 Å². The van der Waals surface area contributed by atoms with Gasteiger partial charge in [-0.1, -0.05) is 12.0 Å². The van der Waals surface area contributed by atoms with Gasteiger partial charge in [0.1, 0.15) is 18.5 Å². The second-order valence-corrected chi connectivity index (χ2v) is 12.3. The molecule has 0 bridgehead atoms. The SMILES string of the molecule is COc1cc(S(N)(=O)=O)ccc1NCC#Cc1cc2c(N[C@@H]3CCN(C[C@@H](C)NC(N)=O)C[C@@H]3F)cccc2n1CC(F)(F)F. The van der Waals surface area contributed by atoms with E-state index in [-0.39, 0.29) is 41.0 Å². The van der Waals surface area contributed by atoms with Crippen molar-refractivity contribution in [1.82, 2.24) is 14.8 Å². The van der Waals surface area contributed by atoms with Crippen LogP contribution in [0.5, 0.6) is 5.75 Å². The Balaban J connectivity index is 1.53. The maximum Gasteiger partial charge on any atom is 0.406 e. The molecule has 0 spiro atoms. The summed E-state index contributed by atoms with van der Waals surface area (Å²) in [5, 5.41) is 14.3. The minimum Gasteiger partial charge on any atom is -0.495 e. The number of piperidine rings is 1. The summed E-state index contributed by atoms with van der Waals surface area (Å²) < 4.78 is 85.6. The predicted molar refractivity (Wildman–Crippen MR) is 163 cm³/mol. The number of nitrogens with two attached hydrogens (primary N) is 2. The highest BCUT2D eigenvalue weighted by atomic mass is 32.2. The lowest BCUT2D eigenvalue weighted by Gasteiger charge is -2.36. The molecule has 45 heavy (non-hydrogen) atoms. The van der Waals surface area contributed by atoms with Crippen molar-refractivity contribution in [3.05, 3.63) is 48.2 Å². The first-order valence-corrected chi connectivity index (χ1v) is 15.5. The minimum absolute atomic E-state index is 0.000580. The average Bonchev–Trinajstić information content (AvgIpc) is 3.28. The number of ether oxygens (including phenoxy) is 1. The van der Waals surface area contributed by atoms with Gasteiger partial charge in [-0.2, -0.15) is 13.2 Å². The van der Waals surface area contributed by atoms with Gasteiger partial charge in [-0.15, -0.1) is 0 Å². The number of likely N-dealkylation sites (tertiary alicyclic amines) is 1. The fourth-order valence-corrected chi connectivity index (χ4v) is 5.83. The number of primary amides is 1. The van der Waals surface area contributed by atoms with Crippen molar-refractivity contribution in [1.29, 1.82) is 0 Å². The second-order valence-electron chi connectivity index (χ2n) is 10.8. The number of primary sulfonamides is 1. The first-order chi connectivity index (χ1) is 21.1. The van der Waals surface area contributed by atoms with Gasteiger partial charge in [0.25, 0.3) is 0 Å². The number of carbonyl (C=O) groups excluding carboxylic acids is 1. The molecule has 0 unspecified atom stereocenters. The first kappa shape index (κ1) is 33.7. The van der Waals surface area contributed by atoms with Crippen molar-refractivity contribution >= 4 is 38.3 Å². The molecule has 3 atom stereocenters. The number of amides is 2. The molecule has 7 N–H and O–H groups in total. The maximum absolute atomic E-state index is 15.2. The van der Waals surface area contributed by atoms with Crippen LogP contribution in [0.15, 0.2) is 47.4 Å². The third kappa shape index (κ3) is 8.93. The van der Waals surface area contributed by atoms with Crippen molar-refractivity contribution < 1.29 is 35.5 Å². The fraction of sp³-hybridized carbons (Fsp3) is 0.414. The van der Waals surface area contributed by atoms with Crippen molar-refractivity contribution in [2.75, 3.05) is 43.9 Å². The molecular weight excluding hydrogens is 618 g/mol. The molecule has 244 valence electrons. The lowest BCUT2D eigenvalue weighted by atomic mass is 10.0. The number of benzene rings is 2. The van der Waals surface area contributed by atoms with Gasteiger partial charge in [0, 0.05) is 42.8 Å². The Labute approximate surface area is 258 Å². The molecule has 0 aliphatic carbocycles. The average molecular weight is 654 g/mol. The minimum atomic E-state index is -4.53. The van der Waals surface area contributed by atoms with E-state index in [0.29, 0.717) is 36.3 Å². The summed E-state index contributed by atoms with van der Waals surface area (Å²) in [5.74, 6) is 5.79. The monoisotopic (exact) mass is 653 g/mol. The van der Waals surface area contributed by atoms with E-state index in [1.54, 1.807) is 25.1 Å². The number of hydrogen-bond acceptors (Lipinski definition) is 7. The molecule has 3 aromatic rings. The Morgan fingerprint density at radius 1 is 1.20 bits per heavy atom. The van der Waals surface area contributed by atoms with Crippen molar-refractivity contribution in [2.24, 2.45) is 10.9 Å². The maximum atomic E-state index is 15.2. The Morgan fingerprint density at radius 2 is 1.96 bits per heavy atom. The van der Waals surface area contributed by atoms with E-state index < -0.39 is 41.0 Å². The molecule has 1 aromatic heterocycles. The molecule has 2 aromatic carbocycles. The van der Waals surface area contributed by atoms with Crippen LogP contribution in [0.4, 0.5) is 33.7 Å². The third-order valence-corrected chi connectivity index (χ3v) is 8.17. The van der Waals surface area contributed by atoms with Crippen LogP contribution in [0.1, 0.15) is 19.0 Å². The number of rotatable bonds is 10. The largest absolute Gasteiger partial charge is 0.495 e. The van der Waals surface area contributed by atoms with Gasteiger partial charge in [0.15, 0.2) is 0 Å². The van der Waals surface area contributed by atoms with E-state index in [0.717, 1.165) is 4.57 Å². The summed E-state index contributed by atoms with van der Waals surface area (Å²) in [4.78, 5) is 12.8. The molecule has 0 saturated carbocycles. The Morgan fingerprint density at radius 3 is 2.60 bits per heavy atom. The van der Waals surface area contributed by atoms with E-state index in [1.165, 1.54) is 31.4 Å². The normalized spacial score (nSPS) is 18.1. The standard InChI is InChI=1S/C29H35F4N7O4S/c1-18(37-28(34)41)15-39-12-10-24(22(30)16-39)38-23-6-3-7-26-21(23)13-19(40(26)17-29(31,32)33)5-4-11-36-25-9-8-20(45(35,42)43)14-27(25)44-2/h3,6-9,13-14,18,22,24,36,38H,10-12,15-17H2,1-2H3,(H3,34,37,41)(H2,35,42,43)/t18-,22+,24-/m1/s1. The van der Waals surface area contributed by atoms with E-state index in [4.69, 9.17) is 15.6 Å². The molecule has 1 aliphatic heterocycles. The van der Waals surface area contributed by atoms with Gasteiger partial charge in [0.05, 0.1) is 41.5 Å². The van der Waals surface area contributed by atoms with E-state index in [2.05, 4.69) is 27.8 Å². The fourth-order valence-electron chi connectivity index (χ4n) is 5.30. The Hall–Kier alpha value is -4.20. The molecule has 1 saturated heterocycles. The van der Waals surface area contributed by atoms with E-state index in [1.807, 2.05) is 4.90 Å². The van der Waals surface area contributed by atoms with Crippen LogP contribution in [0.2, 0.25) is 0 Å². The zero-order chi connectivity index (χ0) is 32.9. The second kappa shape index (κ2) is 13.8. The molecule has 4 rings (SSSR count). The van der Waals surface area contributed by atoms with Gasteiger partial charge < -0.3 is 31.0 Å². The van der Waals surface area contributed by atoms with Crippen LogP contribution in [-0.4, -0.2) is 81.6 Å². The quantitative estimate of drug-likeness (QED) is 0.166. The molecule has 0 radical (unpaired) electrons. The zero-order valence-corrected chi connectivity index (χ0v) is 25.4. The van der Waals surface area contributed by atoms with Crippen LogP contribution >= 0.6 is 0 Å². The van der Waals surface area contributed by atoms with Gasteiger partial charge in [-0.05, 0) is 49.6 Å². The molecule has 1 aliphatic rings. The number of nitrogens with one attached hydrogen (secondary N) is 3. The smallest absolute Gasteiger partial charge is 0.406 e. The van der Waals surface area contributed by atoms with Gasteiger partial charge in [0.2, 0.25) is 10.0 Å². The first-order valence-electron chi connectivity index (χ1n) is 14.0. The number of fused-ring (bicyclic) bond motifs is 1. The van der Waals surface area contributed by atoms with Crippen molar-refractivity contribution in [3.63, 3.8) is 0 Å². The number of urea groups is 1. The highest BCUT2D eigenvalue weighted by molar-refractivity contribution is 7.89. The summed E-state index contributed by atoms with van der Waals surface area (Å²) in [6, 6.07) is 8.88. The number of carbonyl (C=O) groups is 1. The van der Waals surface area contributed by atoms with E-state index >= 15 is 4.39 Å². The Bertz CT molecular complexity index is 1700. The summed E-state index contributed by atoms with van der Waals surface area (Å²) in [6.07, 6.45) is -5.36. The number of nitrogens with zero attached hydrogens (tertiary/aromatic N) is 2. The number of sulfonamides is 1. The third-order valence-electron chi connectivity index (χ3n) is 7.26. The number of alkyl halides is 4. The van der Waals surface area contributed by atoms with Crippen LogP contribution in [0.25, 0.3) is 10.9 Å². The lowest BCUT2D eigenvalue weighted by Crippen LogP contribution is -2.52. The number of anilines is 2. The number of methoxy groups -OCH3 is 1. The molecule has 2 heterocycles. The van der Waals surface area contributed by atoms with Crippen LogP contribution in [0, 0.1) is 11.8 Å². The van der Waals surface area contributed by atoms with Gasteiger partial charge in [-0.25, -0.2) is 22.7 Å². The van der Waals surface area contributed by atoms with Crippen molar-refractivity contribution in [3.8, 4) is 17.6 Å². The van der Waals surface area contributed by atoms with Gasteiger partial charge in [-0.3, -0.25) is 4.90 Å². The summed E-state index contributed by atoms with van der Waals surface area (Å²) in [6.45, 7) is 1.59.